The Morgan fingerprint density at radius 2 is 2.09 bits per heavy atom. The van der Waals surface area contributed by atoms with Crippen molar-refractivity contribution in [3.05, 3.63) is 51.9 Å². The van der Waals surface area contributed by atoms with Crippen LogP contribution < -0.4 is 10.9 Å². The van der Waals surface area contributed by atoms with E-state index in [0.29, 0.717) is 23.5 Å². The fourth-order valence-corrected chi connectivity index (χ4v) is 5.40. The van der Waals surface area contributed by atoms with E-state index in [0.717, 1.165) is 55.2 Å². The third-order valence-corrected chi connectivity index (χ3v) is 7.50. The van der Waals surface area contributed by atoms with E-state index in [-0.39, 0.29) is 16.7 Å². The molecule has 3 aromatic rings. The highest BCUT2D eigenvalue weighted by molar-refractivity contribution is 7.99. The van der Waals surface area contributed by atoms with Gasteiger partial charge in [-0.05, 0) is 25.5 Å². The second-order valence-corrected chi connectivity index (χ2v) is 9.95. The summed E-state index contributed by atoms with van der Waals surface area (Å²) >= 11 is 2.95. The van der Waals surface area contributed by atoms with Gasteiger partial charge in [-0.25, -0.2) is 4.98 Å². The smallest absolute Gasteiger partial charge is 0.260 e. The number of thiophene rings is 1. The molecule has 1 atom stereocenters. The molecular weight excluding hydrogens is 444 g/mol. The van der Waals surface area contributed by atoms with Crippen LogP contribution in [0.15, 0.2) is 40.5 Å². The monoisotopic (exact) mass is 472 g/mol. The molecule has 4 rings (SSSR count). The van der Waals surface area contributed by atoms with Crippen LogP contribution >= 0.6 is 23.1 Å². The Morgan fingerprint density at radius 1 is 1.31 bits per heavy atom. The normalized spacial score (nSPS) is 15.7. The van der Waals surface area contributed by atoms with Gasteiger partial charge in [0.05, 0.1) is 29.6 Å². The summed E-state index contributed by atoms with van der Waals surface area (Å²) < 4.78 is 5.35. The summed E-state index contributed by atoms with van der Waals surface area (Å²) in [6.45, 7) is 7.04. The van der Waals surface area contributed by atoms with Crippen molar-refractivity contribution < 1.29 is 9.53 Å². The number of carbonyl (C=O) groups excluding carboxylic acids is 1. The minimum Gasteiger partial charge on any atom is -0.379 e. The molecular formula is C23H28N4O3S2. The van der Waals surface area contributed by atoms with E-state index in [2.05, 4.69) is 20.2 Å². The van der Waals surface area contributed by atoms with Gasteiger partial charge in [0, 0.05) is 30.6 Å². The van der Waals surface area contributed by atoms with Crippen molar-refractivity contribution in [2.75, 3.05) is 39.4 Å². The molecule has 0 saturated carbocycles. The highest BCUT2D eigenvalue weighted by Gasteiger charge is 2.16. The number of amides is 1. The summed E-state index contributed by atoms with van der Waals surface area (Å²) in [4.78, 5) is 35.8. The molecule has 1 aliphatic heterocycles. The van der Waals surface area contributed by atoms with Gasteiger partial charge >= 0.3 is 0 Å². The zero-order chi connectivity index (χ0) is 22.3. The Kier molecular flexibility index (Phi) is 7.96. The minimum atomic E-state index is -0.220. The number of thioether (sulfide) groups is 1. The number of nitrogens with zero attached hydrogens (tertiary/aromatic N) is 2. The van der Waals surface area contributed by atoms with Crippen LogP contribution in [-0.2, 0) is 15.3 Å². The maximum absolute atomic E-state index is 12.7. The second-order valence-electron chi connectivity index (χ2n) is 7.76. The minimum absolute atomic E-state index is 0.0166. The van der Waals surface area contributed by atoms with Crippen molar-refractivity contribution in [3.63, 3.8) is 0 Å². The predicted molar refractivity (Wildman–Crippen MR) is 131 cm³/mol. The van der Waals surface area contributed by atoms with E-state index in [9.17, 15) is 9.59 Å². The zero-order valence-electron chi connectivity index (χ0n) is 18.1. The Hall–Kier alpha value is -2.20. The van der Waals surface area contributed by atoms with Gasteiger partial charge in [0.2, 0.25) is 5.91 Å². The number of hydrogen-bond donors (Lipinski definition) is 2. The van der Waals surface area contributed by atoms with Gasteiger partial charge in [-0.1, -0.05) is 30.3 Å². The molecule has 0 spiro atoms. The summed E-state index contributed by atoms with van der Waals surface area (Å²) in [5, 5.41) is 5.40. The average molecular weight is 473 g/mol. The summed E-state index contributed by atoms with van der Waals surface area (Å²) in [6, 6.07) is 9.86. The first kappa shape index (κ1) is 23.0. The van der Waals surface area contributed by atoms with Crippen LogP contribution in [0.1, 0.15) is 19.2 Å². The molecule has 32 heavy (non-hydrogen) atoms. The molecule has 1 saturated heterocycles. The zero-order valence-corrected chi connectivity index (χ0v) is 19.8. The van der Waals surface area contributed by atoms with Crippen molar-refractivity contribution in [1.29, 1.82) is 0 Å². The van der Waals surface area contributed by atoms with Gasteiger partial charge in [-0.3, -0.25) is 14.5 Å². The molecule has 1 unspecified atom stereocenters. The number of aromatic nitrogens is 2. The van der Waals surface area contributed by atoms with Crippen LogP contribution in [0.4, 0.5) is 0 Å². The number of morpholine rings is 1. The Morgan fingerprint density at radius 3 is 2.88 bits per heavy atom. The Balaban J connectivity index is 1.29. The number of nitrogens with one attached hydrogen (secondary N) is 2. The number of H-pyrrole nitrogens is 1. The van der Waals surface area contributed by atoms with E-state index < -0.39 is 0 Å². The van der Waals surface area contributed by atoms with Crippen LogP contribution in [0, 0.1) is 0 Å². The first-order valence-electron chi connectivity index (χ1n) is 10.9. The van der Waals surface area contributed by atoms with E-state index >= 15 is 0 Å². The van der Waals surface area contributed by atoms with Gasteiger partial charge in [0.1, 0.15) is 10.7 Å². The van der Waals surface area contributed by atoms with Gasteiger partial charge in [0.25, 0.3) is 5.56 Å². The number of hydrogen-bond acceptors (Lipinski definition) is 7. The van der Waals surface area contributed by atoms with Crippen LogP contribution in [-0.4, -0.2) is 65.4 Å². The van der Waals surface area contributed by atoms with Crippen molar-refractivity contribution in [1.82, 2.24) is 20.2 Å². The highest BCUT2D eigenvalue weighted by Crippen LogP contribution is 2.30. The van der Waals surface area contributed by atoms with Gasteiger partial charge < -0.3 is 15.0 Å². The third kappa shape index (κ3) is 5.78. The lowest BCUT2D eigenvalue weighted by atomic mass is 10.1. The van der Waals surface area contributed by atoms with Gasteiger partial charge in [0.15, 0.2) is 0 Å². The first-order chi connectivity index (χ1) is 15.6. The topological polar surface area (TPSA) is 87.3 Å². The van der Waals surface area contributed by atoms with Crippen LogP contribution in [0.25, 0.3) is 21.3 Å². The lowest BCUT2D eigenvalue weighted by Gasteiger charge is -2.26. The Labute approximate surface area is 195 Å². The molecule has 9 heteroatoms. The number of rotatable bonds is 9. The molecule has 0 radical (unpaired) electrons. The molecule has 170 valence electrons. The molecule has 1 aromatic carbocycles. The fraction of sp³-hybridized carbons (Fsp3) is 0.435. The maximum Gasteiger partial charge on any atom is 0.260 e. The van der Waals surface area contributed by atoms with E-state index in [1.807, 2.05) is 42.6 Å². The van der Waals surface area contributed by atoms with Crippen molar-refractivity contribution in [2.45, 2.75) is 24.3 Å². The summed E-state index contributed by atoms with van der Waals surface area (Å²) in [7, 11) is 0. The molecule has 2 N–H and O–H groups in total. The molecule has 1 aliphatic rings. The molecule has 2 aromatic heterocycles. The largest absolute Gasteiger partial charge is 0.379 e. The van der Waals surface area contributed by atoms with Gasteiger partial charge in [-0.15, -0.1) is 23.1 Å². The van der Waals surface area contributed by atoms with E-state index in [1.54, 1.807) is 0 Å². The Bertz CT molecular complexity index is 1090. The average Bonchev–Trinajstić information content (AvgIpc) is 3.26. The molecule has 7 nitrogen and oxygen atoms in total. The quantitative estimate of drug-likeness (QED) is 0.466. The van der Waals surface area contributed by atoms with Crippen LogP contribution in [0.5, 0.6) is 0 Å². The summed E-state index contributed by atoms with van der Waals surface area (Å²) in [5.41, 5.74) is 1.78. The summed E-state index contributed by atoms with van der Waals surface area (Å²) in [5.74, 6) is 1.09. The highest BCUT2D eigenvalue weighted by atomic mass is 32.2. The number of fused-ring (bicyclic) bond motifs is 1. The lowest BCUT2D eigenvalue weighted by Crippen LogP contribution is -2.38. The number of benzene rings is 1. The summed E-state index contributed by atoms with van der Waals surface area (Å²) in [6.07, 6.45) is 0.927. The number of ether oxygens (including phenoxy) is 1. The molecule has 0 aliphatic carbocycles. The molecule has 0 bridgehead atoms. The van der Waals surface area contributed by atoms with E-state index in [4.69, 9.17) is 4.74 Å². The van der Waals surface area contributed by atoms with Crippen LogP contribution in [0.2, 0.25) is 0 Å². The van der Waals surface area contributed by atoms with Crippen LogP contribution in [0.3, 0.4) is 0 Å². The maximum atomic E-state index is 12.7. The van der Waals surface area contributed by atoms with Crippen molar-refractivity contribution in [2.24, 2.45) is 0 Å². The molecule has 1 fully saturated rings. The molecule has 3 heterocycles. The standard InChI is InChI=1S/C23H28N4O3S2/c1-16(21(28)24-8-5-9-27-10-12-30-13-11-27)31-15-19-25-22(29)20-18(14-32-23(20)26-19)17-6-3-2-4-7-17/h2-4,6-7,14,16H,5,8-13,15H2,1H3,(H,24,28)(H,25,26,29). The fourth-order valence-electron chi connectivity index (χ4n) is 3.65. The predicted octanol–water partition coefficient (Wildman–Crippen LogP) is 3.11. The lowest BCUT2D eigenvalue weighted by molar-refractivity contribution is -0.120. The third-order valence-electron chi connectivity index (χ3n) is 5.47. The van der Waals surface area contributed by atoms with Crippen molar-refractivity contribution >= 4 is 39.2 Å². The first-order valence-corrected chi connectivity index (χ1v) is 12.8. The second kappa shape index (κ2) is 11.1. The van der Waals surface area contributed by atoms with Gasteiger partial charge in [-0.2, -0.15) is 0 Å². The number of aromatic amines is 1. The number of carbonyl (C=O) groups is 1. The van der Waals surface area contributed by atoms with Crippen molar-refractivity contribution in [3.8, 4) is 11.1 Å². The molecule has 1 amide bonds. The SMILES string of the molecule is CC(SCc1nc2scc(-c3ccccc3)c2c(=O)[nH]1)C(=O)NCCCN1CCOCC1. The van der Waals surface area contributed by atoms with E-state index in [1.165, 1.54) is 23.1 Å².